The summed E-state index contributed by atoms with van der Waals surface area (Å²) in [5.41, 5.74) is 6.04. The monoisotopic (exact) mass is 173 g/mol. The lowest BCUT2D eigenvalue weighted by Gasteiger charge is -2.16. The summed E-state index contributed by atoms with van der Waals surface area (Å²) >= 11 is 1.74. The van der Waals surface area contributed by atoms with E-state index in [-0.39, 0.29) is 10.9 Å². The standard InChI is InChI=1S/C7H15N3S/c1-5-8-6(10-9-5)11-7(2,3)4/h5,9H,1-4H3,(H,8,10). The zero-order valence-corrected chi connectivity index (χ0v) is 8.25. The van der Waals surface area contributed by atoms with Crippen LogP contribution in [0.25, 0.3) is 0 Å². The first-order valence-electron chi connectivity index (χ1n) is 3.76. The van der Waals surface area contributed by atoms with Crippen molar-refractivity contribution in [1.82, 2.24) is 10.9 Å². The first kappa shape index (κ1) is 8.87. The Bertz CT molecular complexity index is 171. The van der Waals surface area contributed by atoms with E-state index < -0.39 is 0 Å². The number of hydrazine groups is 1. The fourth-order valence-corrected chi connectivity index (χ4v) is 1.65. The lowest BCUT2D eigenvalue weighted by atomic mass is 10.3. The van der Waals surface area contributed by atoms with Crippen LogP contribution in [0.15, 0.2) is 4.99 Å². The van der Waals surface area contributed by atoms with Gasteiger partial charge in [-0.25, -0.2) is 10.4 Å². The molecule has 0 fully saturated rings. The number of thioether (sulfide) groups is 1. The third kappa shape index (κ3) is 3.12. The quantitative estimate of drug-likeness (QED) is 0.580. The summed E-state index contributed by atoms with van der Waals surface area (Å²) in [6, 6.07) is 0. The molecule has 0 aromatic carbocycles. The maximum Gasteiger partial charge on any atom is 0.173 e. The highest BCUT2D eigenvalue weighted by molar-refractivity contribution is 8.14. The second-order valence-electron chi connectivity index (χ2n) is 3.59. The number of nitrogens with zero attached hydrogens (tertiary/aromatic N) is 1. The van der Waals surface area contributed by atoms with Crippen molar-refractivity contribution in [2.75, 3.05) is 0 Å². The molecule has 0 amide bonds. The van der Waals surface area contributed by atoms with Gasteiger partial charge in [0, 0.05) is 4.75 Å². The second kappa shape index (κ2) is 3.03. The van der Waals surface area contributed by atoms with Gasteiger partial charge in [0.15, 0.2) is 5.17 Å². The van der Waals surface area contributed by atoms with Crippen LogP contribution in [0.2, 0.25) is 0 Å². The fourth-order valence-electron chi connectivity index (χ4n) is 0.749. The molecule has 4 heteroatoms. The summed E-state index contributed by atoms with van der Waals surface area (Å²) < 4.78 is 0.234. The van der Waals surface area contributed by atoms with Crippen LogP contribution in [0.1, 0.15) is 27.7 Å². The van der Waals surface area contributed by atoms with E-state index in [9.17, 15) is 0 Å². The SMILES string of the molecule is CC1N=C(SC(C)(C)C)NN1. The van der Waals surface area contributed by atoms with Crippen molar-refractivity contribution < 1.29 is 0 Å². The van der Waals surface area contributed by atoms with Gasteiger partial charge >= 0.3 is 0 Å². The minimum atomic E-state index is 0.208. The first-order chi connectivity index (χ1) is 4.97. The van der Waals surface area contributed by atoms with Gasteiger partial charge in [-0.05, 0) is 6.92 Å². The molecule has 0 bridgehead atoms. The topological polar surface area (TPSA) is 36.4 Å². The van der Waals surface area contributed by atoms with Crippen LogP contribution >= 0.6 is 11.8 Å². The van der Waals surface area contributed by atoms with Crippen LogP contribution in [0.5, 0.6) is 0 Å². The molecule has 1 aliphatic rings. The summed E-state index contributed by atoms with van der Waals surface area (Å²) in [5, 5.41) is 0.991. The molecule has 0 spiro atoms. The molecule has 0 radical (unpaired) electrons. The van der Waals surface area contributed by atoms with Crippen LogP contribution in [-0.4, -0.2) is 16.1 Å². The van der Waals surface area contributed by atoms with E-state index in [0.29, 0.717) is 0 Å². The second-order valence-corrected chi connectivity index (χ2v) is 5.41. The summed E-state index contributed by atoms with van der Waals surface area (Å²) in [6.07, 6.45) is 0.208. The van der Waals surface area contributed by atoms with Crippen molar-refractivity contribution in [2.45, 2.75) is 38.6 Å². The van der Waals surface area contributed by atoms with E-state index in [1.165, 1.54) is 0 Å². The van der Waals surface area contributed by atoms with E-state index in [1.807, 2.05) is 6.92 Å². The Kier molecular flexibility index (Phi) is 2.44. The van der Waals surface area contributed by atoms with Gasteiger partial charge in [0.1, 0.15) is 6.17 Å². The molecule has 1 heterocycles. The normalized spacial score (nSPS) is 24.7. The third-order valence-corrected chi connectivity index (χ3v) is 2.11. The number of aliphatic imine (C=N–C) groups is 1. The highest BCUT2D eigenvalue weighted by atomic mass is 32.2. The van der Waals surface area contributed by atoms with E-state index in [4.69, 9.17) is 0 Å². The molecule has 0 aromatic heterocycles. The molecule has 0 saturated carbocycles. The van der Waals surface area contributed by atoms with Gasteiger partial charge in [-0.1, -0.05) is 32.5 Å². The number of nitrogens with one attached hydrogen (secondary N) is 2. The Balaban J connectivity index is 2.45. The Morgan fingerprint density at radius 2 is 2.09 bits per heavy atom. The van der Waals surface area contributed by atoms with E-state index in [1.54, 1.807) is 11.8 Å². The van der Waals surface area contributed by atoms with Gasteiger partial charge in [0.25, 0.3) is 0 Å². The molecule has 0 saturated heterocycles. The highest BCUT2D eigenvalue weighted by Gasteiger charge is 2.19. The lowest BCUT2D eigenvalue weighted by molar-refractivity contribution is 0.590. The lowest BCUT2D eigenvalue weighted by Crippen LogP contribution is -2.33. The molecule has 0 aliphatic carbocycles. The fraction of sp³-hybridized carbons (Fsp3) is 0.857. The number of amidine groups is 1. The minimum Gasteiger partial charge on any atom is -0.299 e. The maximum atomic E-state index is 4.33. The van der Waals surface area contributed by atoms with Crippen LogP contribution in [-0.2, 0) is 0 Å². The van der Waals surface area contributed by atoms with Gasteiger partial charge in [-0.15, -0.1) is 0 Å². The van der Waals surface area contributed by atoms with E-state index >= 15 is 0 Å². The summed E-state index contributed by atoms with van der Waals surface area (Å²) in [4.78, 5) is 4.33. The molecule has 1 atom stereocenters. The average Bonchev–Trinajstić information content (AvgIpc) is 2.10. The maximum absolute atomic E-state index is 4.33. The van der Waals surface area contributed by atoms with Crippen molar-refractivity contribution in [3.63, 3.8) is 0 Å². The van der Waals surface area contributed by atoms with Gasteiger partial charge in [-0.3, -0.25) is 5.43 Å². The summed E-state index contributed by atoms with van der Waals surface area (Å²) in [7, 11) is 0. The number of hydrogen-bond acceptors (Lipinski definition) is 4. The average molecular weight is 173 g/mol. The predicted molar refractivity (Wildman–Crippen MR) is 50.5 cm³/mol. The van der Waals surface area contributed by atoms with Crippen molar-refractivity contribution in [1.29, 1.82) is 0 Å². The molecule has 2 N–H and O–H groups in total. The first-order valence-corrected chi connectivity index (χ1v) is 4.57. The van der Waals surface area contributed by atoms with Gasteiger partial charge < -0.3 is 0 Å². The van der Waals surface area contributed by atoms with Crippen molar-refractivity contribution >= 4 is 16.9 Å². The summed E-state index contributed by atoms with van der Waals surface area (Å²) in [6.45, 7) is 8.53. The largest absolute Gasteiger partial charge is 0.299 e. The van der Waals surface area contributed by atoms with Crippen molar-refractivity contribution in [3.8, 4) is 0 Å². The molecular weight excluding hydrogens is 158 g/mol. The smallest absolute Gasteiger partial charge is 0.173 e. The Morgan fingerprint density at radius 3 is 2.45 bits per heavy atom. The van der Waals surface area contributed by atoms with Crippen LogP contribution < -0.4 is 10.9 Å². The third-order valence-electron chi connectivity index (χ3n) is 1.10. The van der Waals surface area contributed by atoms with Gasteiger partial charge in [0.2, 0.25) is 0 Å². The number of rotatable bonds is 0. The van der Waals surface area contributed by atoms with Crippen LogP contribution in [0.3, 0.4) is 0 Å². The molecule has 3 nitrogen and oxygen atoms in total. The van der Waals surface area contributed by atoms with Crippen molar-refractivity contribution in [2.24, 2.45) is 4.99 Å². The Morgan fingerprint density at radius 1 is 1.45 bits per heavy atom. The van der Waals surface area contributed by atoms with Crippen LogP contribution in [0, 0.1) is 0 Å². The molecule has 11 heavy (non-hydrogen) atoms. The van der Waals surface area contributed by atoms with E-state index in [0.717, 1.165) is 5.17 Å². The number of hydrogen-bond donors (Lipinski definition) is 2. The molecule has 1 unspecified atom stereocenters. The van der Waals surface area contributed by atoms with Gasteiger partial charge in [0.05, 0.1) is 0 Å². The molecule has 64 valence electrons. The molecular formula is C7H15N3S. The Labute approximate surface area is 72.0 Å². The molecule has 1 rings (SSSR count). The van der Waals surface area contributed by atoms with Crippen molar-refractivity contribution in [3.05, 3.63) is 0 Å². The minimum absolute atomic E-state index is 0.208. The molecule has 0 aromatic rings. The summed E-state index contributed by atoms with van der Waals surface area (Å²) in [5.74, 6) is 0. The zero-order valence-electron chi connectivity index (χ0n) is 7.43. The Hall–Kier alpha value is -0.220. The predicted octanol–water partition coefficient (Wildman–Crippen LogP) is 1.33. The van der Waals surface area contributed by atoms with Gasteiger partial charge in [-0.2, -0.15) is 0 Å². The zero-order chi connectivity index (χ0) is 8.48. The highest BCUT2D eigenvalue weighted by Crippen LogP contribution is 2.24. The van der Waals surface area contributed by atoms with E-state index in [2.05, 4.69) is 36.6 Å². The molecule has 1 aliphatic heterocycles. The van der Waals surface area contributed by atoms with Crippen LogP contribution in [0.4, 0.5) is 0 Å².